The van der Waals surface area contributed by atoms with Gasteiger partial charge in [0, 0.05) is 38.1 Å². The first kappa shape index (κ1) is 39.1. The number of nitro benzene ring substituents is 1. The molecule has 0 fully saturated rings. The lowest BCUT2D eigenvalue weighted by molar-refractivity contribution is -0.385. The van der Waals surface area contributed by atoms with Crippen LogP contribution in [-0.4, -0.2) is 87.4 Å². The van der Waals surface area contributed by atoms with Crippen LogP contribution in [-0.2, 0) is 32.1 Å². The van der Waals surface area contributed by atoms with Crippen LogP contribution >= 0.6 is 0 Å². The highest BCUT2D eigenvalue weighted by Crippen LogP contribution is 2.19. The minimum absolute atomic E-state index is 0.0293. The van der Waals surface area contributed by atoms with E-state index >= 15 is 0 Å². The van der Waals surface area contributed by atoms with Gasteiger partial charge in [-0.15, -0.1) is 0 Å². The Hall–Kier alpha value is -5.94. The van der Waals surface area contributed by atoms with E-state index in [1.165, 1.54) is 29.2 Å². The van der Waals surface area contributed by atoms with Crippen LogP contribution < -0.4 is 33.6 Å². The summed E-state index contributed by atoms with van der Waals surface area (Å²) in [4.78, 5) is 68.4. The number of benzene rings is 2. The molecule has 0 aromatic heterocycles. The third-order valence-corrected chi connectivity index (χ3v) is 6.25. The van der Waals surface area contributed by atoms with Crippen LogP contribution in [0.1, 0.15) is 37.8 Å². The van der Waals surface area contributed by atoms with Gasteiger partial charge >= 0.3 is 0 Å². The molecule has 2 rings (SSSR count). The van der Waals surface area contributed by atoms with Crippen molar-refractivity contribution in [1.82, 2.24) is 15.5 Å². The van der Waals surface area contributed by atoms with Gasteiger partial charge in [-0.05, 0) is 37.5 Å². The maximum atomic E-state index is 13.2. The summed E-state index contributed by atoms with van der Waals surface area (Å²) >= 11 is 0. The van der Waals surface area contributed by atoms with Crippen LogP contribution in [0.4, 0.5) is 5.69 Å². The number of carboxylic acids is 1. The first-order chi connectivity index (χ1) is 22.1. The van der Waals surface area contributed by atoms with Gasteiger partial charge < -0.3 is 48.7 Å². The van der Waals surface area contributed by atoms with Gasteiger partial charge in [-0.1, -0.05) is 30.3 Å². The monoisotopic (exact) mass is 658 g/mol. The first-order valence-electron chi connectivity index (χ1n) is 14.3. The number of aliphatic carboxylic acids is 1. The van der Waals surface area contributed by atoms with Gasteiger partial charge in [-0.25, -0.2) is 4.99 Å². The van der Waals surface area contributed by atoms with E-state index in [0.717, 1.165) is 6.92 Å². The second kappa shape index (κ2) is 20.2. The van der Waals surface area contributed by atoms with E-state index in [4.69, 9.17) is 32.8 Å². The number of nitrogens with zero attached hydrogens (tertiary/aromatic N) is 4. The van der Waals surface area contributed by atoms with Crippen LogP contribution in [0.3, 0.4) is 0 Å². The van der Waals surface area contributed by atoms with Crippen molar-refractivity contribution in [2.45, 2.75) is 51.7 Å². The molecule has 0 heterocycles. The highest BCUT2D eigenvalue weighted by Gasteiger charge is 2.27. The predicted molar refractivity (Wildman–Crippen MR) is 174 cm³/mol. The lowest BCUT2D eigenvalue weighted by Gasteiger charge is -2.23. The van der Waals surface area contributed by atoms with E-state index in [1.807, 2.05) is 0 Å². The second-order valence-electron chi connectivity index (χ2n) is 9.98. The number of phenolic OH excluding ortho intramolecular Hbond substituents is 1. The Morgan fingerprint density at radius 3 is 2.17 bits per heavy atom. The van der Waals surface area contributed by atoms with Crippen LogP contribution in [0.25, 0.3) is 0 Å². The molecule has 12 N–H and O–H groups in total. The number of carboxylic acid groups (broad SMARTS) is 1. The number of phenols is 1. The minimum Gasteiger partial charge on any atom is -0.508 e. The number of nitrogens with two attached hydrogens (primary N) is 4. The molecule has 0 aliphatic carbocycles. The zero-order valence-electron chi connectivity index (χ0n) is 26.2. The Labute approximate surface area is 271 Å². The SMILES string of the molecule is CC(=O)O.CCN(Cc1ccccc1[N+](=O)[O-])C(=O)CNC(=O)[C@@H](CCCN=C(N)N)NC(=O)[C@H](Cc1ccc(O)cc1)N=C(N)N. The molecule has 2 atom stereocenters. The van der Waals surface area contributed by atoms with E-state index in [-0.39, 0.29) is 55.8 Å². The third kappa shape index (κ3) is 15.6. The molecule has 47 heavy (non-hydrogen) atoms. The van der Waals surface area contributed by atoms with Crippen molar-refractivity contribution in [2.24, 2.45) is 32.9 Å². The molecule has 2 aromatic carbocycles. The zero-order valence-corrected chi connectivity index (χ0v) is 26.2. The Balaban J connectivity index is 0.00000260. The maximum Gasteiger partial charge on any atom is 0.300 e. The predicted octanol–water partition coefficient (Wildman–Crippen LogP) is -0.721. The van der Waals surface area contributed by atoms with Crippen molar-refractivity contribution in [2.75, 3.05) is 19.6 Å². The number of para-hydroxylation sites is 1. The number of carbonyl (C=O) groups is 4. The molecule has 0 spiro atoms. The number of likely N-dealkylation sites (N-methyl/N-ethyl adjacent to an activating group) is 1. The summed E-state index contributed by atoms with van der Waals surface area (Å²) in [7, 11) is 0. The largest absolute Gasteiger partial charge is 0.508 e. The van der Waals surface area contributed by atoms with Crippen molar-refractivity contribution in [3.05, 3.63) is 69.8 Å². The third-order valence-electron chi connectivity index (χ3n) is 6.25. The molecule has 0 bridgehead atoms. The lowest BCUT2D eigenvalue weighted by atomic mass is 10.0. The molecule has 18 heteroatoms. The molecule has 0 unspecified atom stereocenters. The Kier molecular flexibility index (Phi) is 16.8. The second-order valence-corrected chi connectivity index (χ2v) is 9.98. The summed E-state index contributed by atoms with van der Waals surface area (Å²) in [5.74, 6) is -3.04. The lowest BCUT2D eigenvalue weighted by Crippen LogP contribution is -2.52. The van der Waals surface area contributed by atoms with Gasteiger partial charge in [0.15, 0.2) is 11.9 Å². The van der Waals surface area contributed by atoms with Crippen molar-refractivity contribution in [3.63, 3.8) is 0 Å². The normalized spacial score (nSPS) is 11.4. The molecule has 256 valence electrons. The van der Waals surface area contributed by atoms with E-state index in [1.54, 1.807) is 31.2 Å². The standard InChI is InChI=1S/C27H38N10O6.C2H4O2/c1-2-36(16-18-6-3-4-8-22(18)37(42)43)23(39)15-33-24(40)20(7-5-13-32-26(28)29)34-25(41)21(35-27(30)31)14-17-9-11-19(38)12-10-17;1-2(3)4/h3-4,6,8-12,20-21,38H,2,5,7,13-16H2,1H3,(H,33,40)(H,34,41)(H4,28,29,32)(H4,30,31,35);1H3,(H,3,4)/t20-,21+;/m1./s1. The number of rotatable bonds is 16. The molecule has 3 amide bonds. The zero-order chi connectivity index (χ0) is 35.5. The van der Waals surface area contributed by atoms with E-state index < -0.39 is 47.2 Å². The molecule has 2 aromatic rings. The van der Waals surface area contributed by atoms with Crippen molar-refractivity contribution < 1.29 is 34.3 Å². The molecular weight excluding hydrogens is 616 g/mol. The fraction of sp³-hybridized carbons (Fsp3) is 0.379. The van der Waals surface area contributed by atoms with E-state index in [9.17, 15) is 29.6 Å². The van der Waals surface area contributed by atoms with Crippen LogP contribution in [0.5, 0.6) is 5.75 Å². The summed E-state index contributed by atoms with van der Waals surface area (Å²) in [6, 6.07) is 9.98. The Morgan fingerprint density at radius 2 is 1.62 bits per heavy atom. The highest BCUT2D eigenvalue weighted by molar-refractivity contribution is 5.93. The van der Waals surface area contributed by atoms with Crippen LogP contribution in [0.15, 0.2) is 58.5 Å². The molecule has 18 nitrogen and oxygen atoms in total. The number of aromatic hydroxyl groups is 1. The first-order valence-corrected chi connectivity index (χ1v) is 14.3. The summed E-state index contributed by atoms with van der Waals surface area (Å²) in [6.07, 6.45) is 0.500. The summed E-state index contributed by atoms with van der Waals surface area (Å²) in [5, 5.41) is 33.5. The fourth-order valence-corrected chi connectivity index (χ4v) is 4.07. The molecule has 0 saturated carbocycles. The molecular formula is C29H42N10O8. The topological polar surface area (TPSA) is 308 Å². The molecule has 0 radical (unpaired) electrons. The number of hydrogen-bond donors (Lipinski definition) is 8. The minimum atomic E-state index is -1.10. The molecule has 0 saturated heterocycles. The number of carbonyl (C=O) groups excluding carboxylic acids is 3. The number of nitro groups is 1. The van der Waals surface area contributed by atoms with Gasteiger partial charge in [-0.2, -0.15) is 0 Å². The number of aliphatic imine (C=N–C) groups is 2. The Morgan fingerprint density at radius 1 is 1.00 bits per heavy atom. The average molecular weight is 659 g/mol. The summed E-state index contributed by atoms with van der Waals surface area (Å²) in [6.45, 7) is 2.76. The number of hydrogen-bond acceptors (Lipinski definition) is 9. The number of amides is 3. The van der Waals surface area contributed by atoms with Crippen molar-refractivity contribution in [1.29, 1.82) is 0 Å². The van der Waals surface area contributed by atoms with Gasteiger partial charge in [0.1, 0.15) is 17.8 Å². The quantitative estimate of drug-likeness (QED) is 0.0364. The van der Waals surface area contributed by atoms with Crippen molar-refractivity contribution in [3.8, 4) is 5.75 Å². The van der Waals surface area contributed by atoms with Crippen LogP contribution in [0, 0.1) is 10.1 Å². The number of nitrogens with one attached hydrogen (secondary N) is 2. The summed E-state index contributed by atoms with van der Waals surface area (Å²) < 4.78 is 0. The molecule has 0 aliphatic rings. The smallest absolute Gasteiger partial charge is 0.300 e. The van der Waals surface area contributed by atoms with Crippen LogP contribution in [0.2, 0.25) is 0 Å². The Bertz CT molecular complexity index is 1420. The maximum absolute atomic E-state index is 13.2. The van der Waals surface area contributed by atoms with Gasteiger partial charge in [-0.3, -0.25) is 34.3 Å². The van der Waals surface area contributed by atoms with Gasteiger partial charge in [0.05, 0.1) is 18.0 Å². The number of guanidine groups is 2. The highest BCUT2D eigenvalue weighted by atomic mass is 16.6. The molecule has 0 aliphatic heterocycles. The van der Waals surface area contributed by atoms with Gasteiger partial charge in [0.25, 0.3) is 11.7 Å². The fourth-order valence-electron chi connectivity index (χ4n) is 4.07. The van der Waals surface area contributed by atoms with Crippen molar-refractivity contribution >= 4 is 41.3 Å². The average Bonchev–Trinajstić information content (AvgIpc) is 3.00. The van der Waals surface area contributed by atoms with E-state index in [0.29, 0.717) is 17.5 Å². The van der Waals surface area contributed by atoms with E-state index in [2.05, 4.69) is 20.6 Å². The van der Waals surface area contributed by atoms with Gasteiger partial charge in [0.2, 0.25) is 17.7 Å². The summed E-state index contributed by atoms with van der Waals surface area (Å²) in [5.41, 5.74) is 22.7.